The summed E-state index contributed by atoms with van der Waals surface area (Å²) in [7, 11) is 0. The fraction of sp³-hybridized carbons (Fsp3) is 0.296. The minimum absolute atomic E-state index is 0.0745. The second-order valence-electron chi connectivity index (χ2n) is 9.32. The van der Waals surface area contributed by atoms with Gasteiger partial charge in [0.05, 0.1) is 0 Å². The van der Waals surface area contributed by atoms with Gasteiger partial charge in [0.2, 0.25) is 5.91 Å². The smallest absolute Gasteiger partial charge is 0.408 e. The number of aliphatic carboxylic acids is 1. The van der Waals surface area contributed by atoms with Gasteiger partial charge in [0.15, 0.2) is 6.04 Å². The van der Waals surface area contributed by atoms with Gasteiger partial charge in [-0.1, -0.05) is 48.5 Å². The highest BCUT2D eigenvalue weighted by Crippen LogP contribution is 2.45. The van der Waals surface area contributed by atoms with Gasteiger partial charge in [0.1, 0.15) is 12.1 Å². The minimum Gasteiger partial charge on any atom is -0.479 e. The Morgan fingerprint density at radius 2 is 1.66 bits per heavy atom. The molecule has 1 atom stereocenters. The van der Waals surface area contributed by atoms with Crippen LogP contribution in [-0.4, -0.2) is 46.7 Å². The molecular formula is C27H24N2O5S. The van der Waals surface area contributed by atoms with E-state index in [-0.39, 0.29) is 18.4 Å². The third kappa shape index (κ3) is 3.60. The average molecular weight is 489 g/mol. The van der Waals surface area contributed by atoms with Crippen molar-refractivity contribution in [2.45, 2.75) is 36.8 Å². The van der Waals surface area contributed by atoms with Crippen molar-refractivity contribution in [2.24, 2.45) is 0 Å². The molecule has 6 rings (SSSR count). The Bertz CT molecular complexity index is 1300. The molecule has 35 heavy (non-hydrogen) atoms. The third-order valence-electron chi connectivity index (χ3n) is 7.31. The van der Waals surface area contributed by atoms with Gasteiger partial charge in [-0.25, -0.2) is 9.59 Å². The molecule has 0 radical (unpaired) electrons. The summed E-state index contributed by atoms with van der Waals surface area (Å²) < 4.78 is 5.64. The van der Waals surface area contributed by atoms with Gasteiger partial charge < -0.3 is 20.1 Å². The number of carboxylic acid groups (broad SMARTS) is 1. The molecule has 1 fully saturated rings. The van der Waals surface area contributed by atoms with Crippen LogP contribution in [-0.2, 0) is 20.7 Å². The van der Waals surface area contributed by atoms with E-state index in [1.165, 1.54) is 16.2 Å². The molecule has 0 saturated heterocycles. The van der Waals surface area contributed by atoms with E-state index in [1.54, 1.807) is 6.07 Å². The molecule has 7 nitrogen and oxygen atoms in total. The van der Waals surface area contributed by atoms with Crippen molar-refractivity contribution >= 4 is 29.3 Å². The number of nitrogens with one attached hydrogen (secondary N) is 1. The van der Waals surface area contributed by atoms with Crippen molar-refractivity contribution in [3.8, 4) is 11.1 Å². The van der Waals surface area contributed by atoms with Crippen LogP contribution in [0, 0.1) is 0 Å². The first-order valence-electron chi connectivity index (χ1n) is 11.7. The van der Waals surface area contributed by atoms with Gasteiger partial charge in [-0.15, -0.1) is 11.3 Å². The van der Waals surface area contributed by atoms with E-state index in [4.69, 9.17) is 4.74 Å². The van der Waals surface area contributed by atoms with Gasteiger partial charge in [0, 0.05) is 17.3 Å². The molecule has 2 amide bonds. The molecular weight excluding hydrogens is 464 g/mol. The number of ether oxygens (including phenoxy) is 1. The zero-order chi connectivity index (χ0) is 24.2. The summed E-state index contributed by atoms with van der Waals surface area (Å²) in [5, 5.41) is 14.5. The standard InChI is InChI=1S/C27H24N2O5S/c30-24(31)23-20-10-14-35-22(20)9-13-29(23)25(32)27(11-12-27)28-26(33)34-15-21-18-7-3-1-5-16(18)17-6-2-4-8-19(17)21/h1-8,10,14,21,23H,9,11-13,15H2,(H,28,33)(H,30,31). The Hall–Kier alpha value is -3.65. The molecule has 2 N–H and O–H groups in total. The molecule has 0 bridgehead atoms. The van der Waals surface area contributed by atoms with Gasteiger partial charge in [0.25, 0.3) is 0 Å². The highest BCUT2D eigenvalue weighted by Gasteiger charge is 2.55. The van der Waals surface area contributed by atoms with Crippen LogP contribution in [0.15, 0.2) is 60.0 Å². The molecule has 0 spiro atoms. The first kappa shape index (κ1) is 21.9. The van der Waals surface area contributed by atoms with E-state index in [0.29, 0.717) is 31.4 Å². The Kier molecular flexibility index (Phi) is 5.14. The summed E-state index contributed by atoms with van der Waals surface area (Å²) in [6.45, 7) is 0.474. The quantitative estimate of drug-likeness (QED) is 0.557. The van der Waals surface area contributed by atoms with Crippen molar-refractivity contribution < 1.29 is 24.2 Å². The fourth-order valence-electron chi connectivity index (χ4n) is 5.42. The predicted molar refractivity (Wildman–Crippen MR) is 130 cm³/mol. The van der Waals surface area contributed by atoms with Crippen LogP contribution in [0.25, 0.3) is 11.1 Å². The van der Waals surface area contributed by atoms with Gasteiger partial charge in [-0.3, -0.25) is 4.79 Å². The van der Waals surface area contributed by atoms with E-state index < -0.39 is 23.6 Å². The summed E-state index contributed by atoms with van der Waals surface area (Å²) in [5.41, 5.74) is 4.08. The van der Waals surface area contributed by atoms with Crippen molar-refractivity contribution in [1.29, 1.82) is 0 Å². The monoisotopic (exact) mass is 488 g/mol. The highest BCUT2D eigenvalue weighted by atomic mass is 32.1. The number of hydrogen-bond acceptors (Lipinski definition) is 5. The molecule has 2 aliphatic carbocycles. The molecule has 8 heteroatoms. The highest BCUT2D eigenvalue weighted by molar-refractivity contribution is 7.10. The molecule has 178 valence electrons. The van der Waals surface area contributed by atoms with E-state index in [0.717, 1.165) is 27.1 Å². The number of nitrogens with zero attached hydrogens (tertiary/aromatic N) is 1. The zero-order valence-electron chi connectivity index (χ0n) is 18.9. The third-order valence-corrected chi connectivity index (χ3v) is 8.30. The minimum atomic E-state index is -1.09. The lowest BCUT2D eigenvalue weighted by Crippen LogP contribution is -2.54. The first-order valence-corrected chi connectivity index (χ1v) is 12.6. The van der Waals surface area contributed by atoms with Crippen LogP contribution in [0.1, 0.15) is 46.4 Å². The average Bonchev–Trinajstić information content (AvgIpc) is 3.35. The number of thiophene rings is 1. The van der Waals surface area contributed by atoms with Crippen LogP contribution < -0.4 is 5.32 Å². The second-order valence-corrected chi connectivity index (χ2v) is 10.3. The van der Waals surface area contributed by atoms with Crippen molar-refractivity contribution in [3.05, 3.63) is 81.5 Å². The molecule has 2 heterocycles. The predicted octanol–water partition coefficient (Wildman–Crippen LogP) is 4.33. The van der Waals surface area contributed by atoms with E-state index in [2.05, 4.69) is 17.4 Å². The first-order chi connectivity index (χ1) is 17.0. The number of benzene rings is 2. The molecule has 3 aromatic rings. The summed E-state index contributed by atoms with van der Waals surface area (Å²) >= 11 is 1.51. The van der Waals surface area contributed by atoms with Crippen LogP contribution in [0.4, 0.5) is 4.79 Å². The van der Waals surface area contributed by atoms with Crippen LogP contribution in [0.2, 0.25) is 0 Å². The number of rotatable bonds is 5. The maximum Gasteiger partial charge on any atom is 0.408 e. The maximum absolute atomic E-state index is 13.4. The fourth-order valence-corrected chi connectivity index (χ4v) is 6.33. The SMILES string of the molecule is O=C(NC1(C(=O)N2CCc3sccc3C2C(=O)O)CC1)OCC1c2ccccc2-c2ccccc21. The lowest BCUT2D eigenvalue weighted by molar-refractivity contribution is -0.152. The second kappa shape index (κ2) is 8.23. The molecule has 2 aromatic carbocycles. The molecule has 1 aromatic heterocycles. The van der Waals surface area contributed by atoms with Gasteiger partial charge in [-0.05, 0) is 58.5 Å². The largest absolute Gasteiger partial charge is 0.479 e. The summed E-state index contributed by atoms with van der Waals surface area (Å²) in [4.78, 5) is 40.7. The Morgan fingerprint density at radius 1 is 1.00 bits per heavy atom. The van der Waals surface area contributed by atoms with Crippen molar-refractivity contribution in [3.63, 3.8) is 0 Å². The van der Waals surface area contributed by atoms with Gasteiger partial charge in [-0.2, -0.15) is 0 Å². The molecule has 1 saturated carbocycles. The molecule has 1 unspecified atom stereocenters. The lowest BCUT2D eigenvalue weighted by atomic mass is 9.98. The Morgan fingerprint density at radius 3 is 2.29 bits per heavy atom. The number of carboxylic acids is 1. The number of fused-ring (bicyclic) bond motifs is 4. The zero-order valence-corrected chi connectivity index (χ0v) is 19.7. The maximum atomic E-state index is 13.4. The Balaban J connectivity index is 1.16. The van der Waals surface area contributed by atoms with Crippen LogP contribution >= 0.6 is 11.3 Å². The van der Waals surface area contributed by atoms with E-state index in [1.807, 2.05) is 41.8 Å². The van der Waals surface area contributed by atoms with Crippen molar-refractivity contribution in [2.75, 3.05) is 13.2 Å². The van der Waals surface area contributed by atoms with E-state index in [9.17, 15) is 19.5 Å². The number of amides is 2. The molecule has 3 aliphatic rings. The normalized spacial score (nSPS) is 19.3. The van der Waals surface area contributed by atoms with Gasteiger partial charge >= 0.3 is 12.1 Å². The summed E-state index contributed by atoms with van der Waals surface area (Å²) in [5.74, 6) is -1.49. The lowest BCUT2D eigenvalue weighted by Gasteiger charge is -2.35. The van der Waals surface area contributed by atoms with Crippen LogP contribution in [0.5, 0.6) is 0 Å². The topological polar surface area (TPSA) is 95.9 Å². The van der Waals surface area contributed by atoms with Crippen molar-refractivity contribution in [1.82, 2.24) is 10.2 Å². The number of carbonyl (C=O) groups is 3. The van der Waals surface area contributed by atoms with E-state index >= 15 is 0 Å². The molecule has 1 aliphatic heterocycles. The number of hydrogen-bond donors (Lipinski definition) is 2. The number of carbonyl (C=O) groups excluding carboxylic acids is 2. The summed E-state index contributed by atoms with van der Waals surface area (Å²) in [6.07, 6.45) is 0.895. The summed E-state index contributed by atoms with van der Waals surface area (Å²) in [6, 6.07) is 16.9. The number of alkyl carbamates (subject to hydrolysis) is 1. The van der Waals surface area contributed by atoms with Crippen LogP contribution in [0.3, 0.4) is 0 Å². The Labute approximate surface area is 206 Å².